The lowest BCUT2D eigenvalue weighted by atomic mass is 10.2. The van der Waals surface area contributed by atoms with Crippen molar-refractivity contribution >= 4 is 27.5 Å². The van der Waals surface area contributed by atoms with Crippen molar-refractivity contribution in [2.75, 3.05) is 5.32 Å². The molecule has 1 aromatic heterocycles. The number of halogens is 1. The molecule has 0 aliphatic rings. The number of anilines is 1. The summed E-state index contributed by atoms with van der Waals surface area (Å²) in [5.74, 6) is -0.139. The summed E-state index contributed by atoms with van der Waals surface area (Å²) in [6, 6.07) is 5.75. The van der Waals surface area contributed by atoms with E-state index >= 15 is 0 Å². The fraction of sp³-hybridized carbons (Fsp3) is 0.182. The van der Waals surface area contributed by atoms with Gasteiger partial charge in [0.1, 0.15) is 6.54 Å². The second-order valence-corrected chi connectivity index (χ2v) is 4.49. The molecule has 6 heteroatoms. The van der Waals surface area contributed by atoms with Crippen molar-refractivity contribution in [2.24, 2.45) is 0 Å². The lowest BCUT2D eigenvalue weighted by molar-refractivity contribution is -0.116. The third-order valence-corrected chi connectivity index (χ3v) is 2.83. The predicted molar refractivity (Wildman–Crippen MR) is 67.5 cm³/mol. The molecule has 0 saturated heterocycles. The Kier molecular flexibility index (Phi) is 3.53. The maximum Gasteiger partial charge on any atom is 0.246 e. The number of nitrogens with one attached hydrogen (secondary N) is 1. The van der Waals surface area contributed by atoms with Gasteiger partial charge < -0.3 is 5.32 Å². The molecule has 0 unspecified atom stereocenters. The number of aryl methyl sites for hydroxylation is 1. The quantitative estimate of drug-likeness (QED) is 0.942. The van der Waals surface area contributed by atoms with Crippen LogP contribution in [0.15, 0.2) is 35.1 Å². The molecule has 0 aliphatic heterocycles. The number of carbonyl (C=O) groups excluding carboxylic acids is 1. The number of hydrogen-bond acceptors (Lipinski definition) is 3. The van der Waals surface area contributed by atoms with E-state index in [1.54, 1.807) is 6.20 Å². The summed E-state index contributed by atoms with van der Waals surface area (Å²) in [5, 5.41) is 10.2. The number of carbonyl (C=O) groups is 1. The molecule has 0 spiro atoms. The summed E-state index contributed by atoms with van der Waals surface area (Å²) < 4.78 is 2.33. The highest BCUT2D eigenvalue weighted by atomic mass is 79.9. The lowest BCUT2D eigenvalue weighted by Gasteiger charge is -2.07. The van der Waals surface area contributed by atoms with E-state index in [1.807, 2.05) is 25.1 Å². The van der Waals surface area contributed by atoms with Gasteiger partial charge in [-0.2, -0.15) is 0 Å². The van der Waals surface area contributed by atoms with Crippen LogP contribution in [0, 0.1) is 6.92 Å². The number of amides is 1. The standard InChI is InChI=1S/C11H11BrN4O/c1-8-2-3-10(9(12)6-8)14-11(17)7-16-5-4-13-15-16/h2-6H,7H2,1H3,(H,14,17). The monoisotopic (exact) mass is 294 g/mol. The van der Waals surface area contributed by atoms with Crippen LogP contribution in [0.5, 0.6) is 0 Å². The van der Waals surface area contributed by atoms with Crippen molar-refractivity contribution in [1.29, 1.82) is 0 Å². The summed E-state index contributed by atoms with van der Waals surface area (Å²) in [4.78, 5) is 11.7. The molecule has 1 aromatic carbocycles. The van der Waals surface area contributed by atoms with Crippen LogP contribution < -0.4 is 5.32 Å². The first kappa shape index (κ1) is 11.8. The molecule has 0 bridgehead atoms. The predicted octanol–water partition coefficient (Wildman–Crippen LogP) is 1.99. The Balaban J connectivity index is 2.03. The highest BCUT2D eigenvalue weighted by molar-refractivity contribution is 9.10. The Morgan fingerprint density at radius 2 is 2.35 bits per heavy atom. The van der Waals surface area contributed by atoms with Gasteiger partial charge in [-0.15, -0.1) is 5.10 Å². The first-order valence-corrected chi connectivity index (χ1v) is 5.84. The van der Waals surface area contributed by atoms with Gasteiger partial charge in [-0.25, -0.2) is 4.68 Å². The van der Waals surface area contributed by atoms with Crippen molar-refractivity contribution in [1.82, 2.24) is 15.0 Å². The first-order chi connectivity index (χ1) is 8.15. The molecule has 0 radical (unpaired) electrons. The van der Waals surface area contributed by atoms with Gasteiger partial charge in [0.05, 0.1) is 11.9 Å². The SMILES string of the molecule is Cc1ccc(NC(=O)Cn2ccnn2)c(Br)c1. The van der Waals surface area contributed by atoms with Crippen LogP contribution in [0.2, 0.25) is 0 Å². The minimum absolute atomic E-state index is 0.139. The molecule has 2 rings (SSSR count). The van der Waals surface area contributed by atoms with Gasteiger partial charge >= 0.3 is 0 Å². The fourth-order valence-electron chi connectivity index (χ4n) is 1.38. The van der Waals surface area contributed by atoms with E-state index in [2.05, 4.69) is 31.6 Å². The van der Waals surface area contributed by atoms with Gasteiger partial charge in [-0.3, -0.25) is 4.79 Å². The average molecular weight is 295 g/mol. The van der Waals surface area contributed by atoms with Gasteiger partial charge in [0.2, 0.25) is 5.91 Å². The molecule has 2 aromatic rings. The molecule has 5 nitrogen and oxygen atoms in total. The number of benzene rings is 1. The fourth-order valence-corrected chi connectivity index (χ4v) is 1.97. The Labute approximate surface area is 107 Å². The number of aromatic nitrogens is 3. The molecular formula is C11H11BrN4O. The summed E-state index contributed by atoms with van der Waals surface area (Å²) in [6.07, 6.45) is 3.18. The zero-order valence-electron chi connectivity index (χ0n) is 9.22. The van der Waals surface area contributed by atoms with E-state index in [0.29, 0.717) is 0 Å². The summed E-state index contributed by atoms with van der Waals surface area (Å²) in [5.41, 5.74) is 1.88. The number of hydrogen-bond donors (Lipinski definition) is 1. The molecule has 0 atom stereocenters. The Morgan fingerprint density at radius 1 is 1.53 bits per heavy atom. The van der Waals surface area contributed by atoms with Crippen LogP contribution >= 0.6 is 15.9 Å². The van der Waals surface area contributed by atoms with Crippen molar-refractivity contribution < 1.29 is 4.79 Å². The van der Waals surface area contributed by atoms with E-state index < -0.39 is 0 Å². The van der Waals surface area contributed by atoms with Crippen LogP contribution in [-0.2, 0) is 11.3 Å². The van der Waals surface area contributed by atoms with Gasteiger partial charge in [-0.1, -0.05) is 11.3 Å². The summed E-state index contributed by atoms with van der Waals surface area (Å²) >= 11 is 3.40. The van der Waals surface area contributed by atoms with Crippen LogP contribution in [0.4, 0.5) is 5.69 Å². The number of rotatable bonds is 3. The van der Waals surface area contributed by atoms with Crippen molar-refractivity contribution in [3.63, 3.8) is 0 Å². The second-order valence-electron chi connectivity index (χ2n) is 3.63. The van der Waals surface area contributed by atoms with E-state index in [0.717, 1.165) is 15.7 Å². The molecule has 88 valence electrons. The molecule has 0 fully saturated rings. The van der Waals surface area contributed by atoms with Crippen LogP contribution in [0.25, 0.3) is 0 Å². The minimum atomic E-state index is -0.139. The topological polar surface area (TPSA) is 59.8 Å². The summed E-state index contributed by atoms with van der Waals surface area (Å²) in [6.45, 7) is 2.14. The van der Waals surface area contributed by atoms with E-state index in [9.17, 15) is 4.79 Å². The maximum atomic E-state index is 11.7. The molecule has 1 heterocycles. The van der Waals surface area contributed by atoms with Gasteiger partial charge in [0, 0.05) is 10.7 Å². The third kappa shape index (κ3) is 3.13. The largest absolute Gasteiger partial charge is 0.323 e. The molecule has 0 aliphatic carbocycles. The zero-order chi connectivity index (χ0) is 12.3. The highest BCUT2D eigenvalue weighted by Crippen LogP contribution is 2.23. The van der Waals surface area contributed by atoms with E-state index in [-0.39, 0.29) is 12.5 Å². The van der Waals surface area contributed by atoms with Crippen molar-refractivity contribution in [3.8, 4) is 0 Å². The van der Waals surface area contributed by atoms with Gasteiger partial charge in [0.15, 0.2) is 0 Å². The third-order valence-electron chi connectivity index (χ3n) is 2.18. The molecular weight excluding hydrogens is 284 g/mol. The maximum absolute atomic E-state index is 11.7. The Bertz CT molecular complexity index is 524. The highest BCUT2D eigenvalue weighted by Gasteiger charge is 2.06. The molecule has 1 amide bonds. The van der Waals surface area contributed by atoms with Gasteiger partial charge in [-0.05, 0) is 40.5 Å². The number of nitrogens with zero attached hydrogens (tertiary/aromatic N) is 3. The first-order valence-electron chi connectivity index (χ1n) is 5.05. The lowest BCUT2D eigenvalue weighted by Crippen LogP contribution is -2.19. The van der Waals surface area contributed by atoms with Crippen LogP contribution in [0.3, 0.4) is 0 Å². The second kappa shape index (κ2) is 5.09. The molecule has 1 N–H and O–H groups in total. The normalized spacial score (nSPS) is 10.2. The zero-order valence-corrected chi connectivity index (χ0v) is 10.8. The molecule has 17 heavy (non-hydrogen) atoms. The van der Waals surface area contributed by atoms with Crippen LogP contribution in [-0.4, -0.2) is 20.9 Å². The van der Waals surface area contributed by atoms with Crippen molar-refractivity contribution in [2.45, 2.75) is 13.5 Å². The summed E-state index contributed by atoms with van der Waals surface area (Å²) in [7, 11) is 0. The van der Waals surface area contributed by atoms with E-state index in [4.69, 9.17) is 0 Å². The van der Waals surface area contributed by atoms with Gasteiger partial charge in [0.25, 0.3) is 0 Å². The Morgan fingerprint density at radius 3 is 3.00 bits per heavy atom. The van der Waals surface area contributed by atoms with Crippen LogP contribution in [0.1, 0.15) is 5.56 Å². The minimum Gasteiger partial charge on any atom is -0.323 e. The van der Waals surface area contributed by atoms with Crippen molar-refractivity contribution in [3.05, 3.63) is 40.6 Å². The smallest absolute Gasteiger partial charge is 0.246 e. The van der Waals surface area contributed by atoms with E-state index in [1.165, 1.54) is 10.9 Å². The Hall–Kier alpha value is -1.69. The average Bonchev–Trinajstić information content (AvgIpc) is 2.75. The molecule has 0 saturated carbocycles.